The van der Waals surface area contributed by atoms with Crippen LogP contribution < -0.4 is 10.0 Å². The Bertz CT molecular complexity index is 821. The second kappa shape index (κ2) is 9.91. The Morgan fingerprint density at radius 2 is 2.00 bits per heavy atom. The molecule has 2 N–H and O–H groups in total. The lowest BCUT2D eigenvalue weighted by Crippen LogP contribution is -2.50. The molecule has 1 heterocycles. The molecule has 27 heavy (non-hydrogen) atoms. The van der Waals surface area contributed by atoms with Crippen molar-refractivity contribution in [2.75, 3.05) is 12.0 Å². The average Bonchev–Trinajstić information content (AvgIpc) is 3.11. The molecule has 0 saturated heterocycles. The number of hydrogen-bond acceptors (Lipinski definition) is 5. The molecule has 0 aliphatic carbocycles. The first kappa shape index (κ1) is 21.5. The summed E-state index contributed by atoms with van der Waals surface area (Å²) in [5, 5.41) is 2.89. The highest BCUT2D eigenvalue weighted by Crippen LogP contribution is 2.12. The molecule has 2 aromatic rings. The van der Waals surface area contributed by atoms with Crippen LogP contribution in [0.25, 0.3) is 0 Å². The Kier molecular flexibility index (Phi) is 7.88. The number of imidazole rings is 1. The Morgan fingerprint density at radius 3 is 2.59 bits per heavy atom. The second-order valence-corrected chi connectivity index (χ2v) is 9.14. The predicted octanol–water partition coefficient (Wildman–Crippen LogP) is 1.80. The Labute approximate surface area is 165 Å². The molecule has 0 saturated carbocycles. The van der Waals surface area contributed by atoms with Crippen molar-refractivity contribution < 1.29 is 13.2 Å². The fourth-order valence-corrected chi connectivity index (χ4v) is 4.25. The van der Waals surface area contributed by atoms with Crippen molar-refractivity contribution in [2.24, 2.45) is 0 Å². The Morgan fingerprint density at radius 1 is 1.30 bits per heavy atom. The van der Waals surface area contributed by atoms with E-state index in [-0.39, 0.29) is 16.8 Å². The summed E-state index contributed by atoms with van der Waals surface area (Å²) < 4.78 is 29.7. The van der Waals surface area contributed by atoms with Gasteiger partial charge in [-0.05, 0) is 44.4 Å². The molecule has 0 spiro atoms. The zero-order valence-corrected chi connectivity index (χ0v) is 17.4. The third-order valence-electron chi connectivity index (χ3n) is 3.99. The van der Waals surface area contributed by atoms with Crippen LogP contribution in [0.5, 0.6) is 0 Å². The van der Waals surface area contributed by atoms with E-state index in [2.05, 4.69) is 15.0 Å². The number of nitrogens with zero attached hydrogens (tertiary/aromatic N) is 2. The van der Waals surface area contributed by atoms with Crippen molar-refractivity contribution >= 4 is 27.7 Å². The van der Waals surface area contributed by atoms with Gasteiger partial charge in [-0.1, -0.05) is 17.7 Å². The lowest BCUT2D eigenvalue weighted by molar-refractivity contribution is -0.123. The van der Waals surface area contributed by atoms with Crippen molar-refractivity contribution in [2.45, 2.75) is 43.8 Å². The van der Waals surface area contributed by atoms with E-state index >= 15 is 0 Å². The van der Waals surface area contributed by atoms with Crippen LogP contribution in [0.2, 0.25) is 0 Å². The number of carbonyl (C=O) groups is 1. The van der Waals surface area contributed by atoms with Crippen LogP contribution in [0.4, 0.5) is 0 Å². The summed E-state index contributed by atoms with van der Waals surface area (Å²) in [7, 11) is -3.77. The topological polar surface area (TPSA) is 93.1 Å². The summed E-state index contributed by atoms with van der Waals surface area (Å²) in [6.45, 7) is 4.32. The van der Waals surface area contributed by atoms with Crippen molar-refractivity contribution in [3.8, 4) is 0 Å². The van der Waals surface area contributed by atoms with Gasteiger partial charge in [0.25, 0.3) is 0 Å². The van der Waals surface area contributed by atoms with Crippen LogP contribution in [0, 0.1) is 6.92 Å². The second-order valence-electron chi connectivity index (χ2n) is 6.44. The number of rotatable bonds is 10. The highest BCUT2D eigenvalue weighted by atomic mass is 32.2. The van der Waals surface area contributed by atoms with Crippen LogP contribution >= 0.6 is 11.8 Å². The molecule has 2 atom stereocenters. The van der Waals surface area contributed by atoms with Gasteiger partial charge in [0.15, 0.2) is 0 Å². The fraction of sp³-hybridized carbons (Fsp3) is 0.444. The standard InChI is InChI=1S/C18H26N4O3S2/c1-14-4-6-16(7-5-14)27(24,25)21-17(8-11-26-3)18(23)20-15(2)12-22-10-9-19-13-22/h4-7,9-10,13,15,17,21H,8,11-12H2,1-3H3,(H,20,23). The molecule has 1 aromatic carbocycles. The molecule has 2 unspecified atom stereocenters. The van der Waals surface area contributed by atoms with Gasteiger partial charge < -0.3 is 9.88 Å². The number of aromatic nitrogens is 2. The zero-order valence-electron chi connectivity index (χ0n) is 15.8. The van der Waals surface area contributed by atoms with Crippen LogP contribution in [0.3, 0.4) is 0 Å². The molecule has 1 amide bonds. The summed E-state index contributed by atoms with van der Waals surface area (Å²) in [4.78, 5) is 16.8. The number of nitrogens with one attached hydrogen (secondary N) is 2. The van der Waals surface area contributed by atoms with Gasteiger partial charge in [0, 0.05) is 25.0 Å². The van der Waals surface area contributed by atoms with E-state index in [9.17, 15) is 13.2 Å². The summed E-state index contributed by atoms with van der Waals surface area (Å²) in [5.74, 6) is 0.345. The largest absolute Gasteiger partial charge is 0.350 e. The molecular weight excluding hydrogens is 384 g/mol. The van der Waals surface area contributed by atoms with E-state index in [1.165, 1.54) is 0 Å². The molecule has 7 nitrogen and oxygen atoms in total. The van der Waals surface area contributed by atoms with Crippen LogP contribution in [0.1, 0.15) is 18.9 Å². The van der Waals surface area contributed by atoms with Crippen molar-refractivity contribution in [3.05, 3.63) is 48.5 Å². The van der Waals surface area contributed by atoms with Gasteiger partial charge in [0.1, 0.15) is 6.04 Å². The van der Waals surface area contributed by atoms with Gasteiger partial charge in [0.2, 0.25) is 15.9 Å². The molecule has 148 valence electrons. The van der Waals surface area contributed by atoms with Gasteiger partial charge in [-0.15, -0.1) is 0 Å². The van der Waals surface area contributed by atoms with Crippen LogP contribution in [-0.4, -0.2) is 48.0 Å². The van der Waals surface area contributed by atoms with E-state index in [1.54, 1.807) is 48.6 Å². The number of amides is 1. The highest BCUT2D eigenvalue weighted by Gasteiger charge is 2.26. The zero-order chi connectivity index (χ0) is 19.9. The van der Waals surface area contributed by atoms with Crippen molar-refractivity contribution in [3.63, 3.8) is 0 Å². The molecule has 9 heteroatoms. The summed E-state index contributed by atoms with van der Waals surface area (Å²) in [6.07, 6.45) is 7.49. The minimum Gasteiger partial charge on any atom is -0.350 e. The van der Waals surface area contributed by atoms with Crippen molar-refractivity contribution in [1.82, 2.24) is 19.6 Å². The highest BCUT2D eigenvalue weighted by molar-refractivity contribution is 7.98. The van der Waals surface area contributed by atoms with Gasteiger partial charge >= 0.3 is 0 Å². The van der Waals surface area contributed by atoms with Gasteiger partial charge in [-0.3, -0.25) is 4.79 Å². The van der Waals surface area contributed by atoms with Crippen LogP contribution in [0.15, 0.2) is 47.9 Å². The van der Waals surface area contributed by atoms with E-state index in [0.29, 0.717) is 18.7 Å². The van der Waals surface area contributed by atoms with E-state index in [1.807, 2.05) is 30.9 Å². The van der Waals surface area contributed by atoms with Crippen LogP contribution in [-0.2, 0) is 21.4 Å². The molecule has 0 bridgehead atoms. The Hall–Kier alpha value is -1.84. The molecule has 0 radical (unpaired) electrons. The maximum atomic E-state index is 12.7. The molecule has 2 rings (SSSR count). The minimum absolute atomic E-state index is 0.154. The first-order valence-electron chi connectivity index (χ1n) is 8.66. The SMILES string of the molecule is CSCCC(NS(=O)(=O)c1ccc(C)cc1)C(=O)NC(C)Cn1ccnc1. The lowest BCUT2D eigenvalue weighted by atomic mass is 10.2. The average molecular weight is 411 g/mol. The number of carbonyl (C=O) groups excluding carboxylic acids is 1. The van der Waals surface area contributed by atoms with E-state index in [4.69, 9.17) is 0 Å². The summed E-state index contributed by atoms with van der Waals surface area (Å²) >= 11 is 1.57. The molecule has 0 aliphatic rings. The lowest BCUT2D eigenvalue weighted by Gasteiger charge is -2.21. The predicted molar refractivity (Wildman–Crippen MR) is 108 cm³/mol. The maximum Gasteiger partial charge on any atom is 0.241 e. The van der Waals surface area contributed by atoms with Gasteiger partial charge in [0.05, 0.1) is 11.2 Å². The van der Waals surface area contributed by atoms with Crippen molar-refractivity contribution in [1.29, 1.82) is 0 Å². The maximum absolute atomic E-state index is 12.7. The Balaban J connectivity index is 2.06. The van der Waals surface area contributed by atoms with Gasteiger partial charge in [-0.25, -0.2) is 13.4 Å². The normalized spacial score (nSPS) is 13.9. The number of aryl methyl sites for hydroxylation is 1. The number of thioether (sulfide) groups is 1. The molecule has 1 aromatic heterocycles. The van der Waals surface area contributed by atoms with E-state index in [0.717, 1.165) is 5.56 Å². The number of sulfonamides is 1. The first-order chi connectivity index (χ1) is 12.8. The molecular formula is C18H26N4O3S2. The fourth-order valence-electron chi connectivity index (χ4n) is 2.55. The minimum atomic E-state index is -3.77. The smallest absolute Gasteiger partial charge is 0.241 e. The number of hydrogen-bond donors (Lipinski definition) is 2. The third-order valence-corrected chi connectivity index (χ3v) is 6.12. The number of benzene rings is 1. The first-order valence-corrected chi connectivity index (χ1v) is 11.5. The molecule has 0 aliphatic heterocycles. The van der Waals surface area contributed by atoms with E-state index < -0.39 is 16.1 Å². The third kappa shape index (κ3) is 6.67. The quantitative estimate of drug-likeness (QED) is 0.623. The summed E-state index contributed by atoms with van der Waals surface area (Å²) in [6, 6.07) is 5.57. The molecule has 0 fully saturated rings. The van der Waals surface area contributed by atoms with Gasteiger partial charge in [-0.2, -0.15) is 16.5 Å². The summed E-state index contributed by atoms with van der Waals surface area (Å²) in [5.41, 5.74) is 0.971. The monoisotopic (exact) mass is 410 g/mol.